The lowest BCUT2D eigenvalue weighted by molar-refractivity contribution is -0.131. The number of benzene rings is 2. The first-order chi connectivity index (χ1) is 12.8. The van der Waals surface area contributed by atoms with E-state index in [1.54, 1.807) is 37.3 Å². The number of aliphatic carboxylic acids is 1. The smallest absolute Gasteiger partial charge is 0.377 e. The predicted octanol–water partition coefficient (Wildman–Crippen LogP) is 3.10. The highest BCUT2D eigenvalue weighted by Crippen LogP contribution is 2.31. The maximum atomic E-state index is 11.7. The number of aromatic nitrogens is 1. The first-order valence-electron chi connectivity index (χ1n) is 7.89. The van der Waals surface area contributed by atoms with Gasteiger partial charge in [0.2, 0.25) is 0 Å². The van der Waals surface area contributed by atoms with Crippen molar-refractivity contribution in [2.45, 2.75) is 6.92 Å². The third-order valence-electron chi connectivity index (χ3n) is 4.07. The molecule has 0 aliphatic heterocycles. The van der Waals surface area contributed by atoms with Crippen molar-refractivity contribution in [3.05, 3.63) is 58.8 Å². The highest BCUT2D eigenvalue weighted by atomic mass is 16.4. The number of carbonyl (C=O) groups is 2. The van der Waals surface area contributed by atoms with E-state index in [2.05, 4.69) is 4.98 Å². The third kappa shape index (κ3) is 3.43. The summed E-state index contributed by atoms with van der Waals surface area (Å²) in [6.45, 7) is 1.80. The van der Waals surface area contributed by atoms with Gasteiger partial charge in [-0.15, -0.1) is 0 Å². The molecule has 2 aromatic carbocycles. The number of fused-ring (bicyclic) bond motifs is 1. The zero-order valence-corrected chi connectivity index (χ0v) is 14.2. The summed E-state index contributed by atoms with van der Waals surface area (Å²) in [5, 5.41) is 38.7. The molecule has 3 rings (SSSR count). The molecule has 7 heteroatoms. The van der Waals surface area contributed by atoms with E-state index in [0.29, 0.717) is 16.6 Å². The normalized spacial score (nSPS) is 11.1. The Morgan fingerprint density at radius 2 is 1.70 bits per heavy atom. The molecule has 0 radical (unpaired) electrons. The number of phenolic OH excluding ortho intramolecular Hbond substituents is 3. The number of carboxylic acid groups (broad SMARTS) is 1. The van der Waals surface area contributed by atoms with E-state index in [4.69, 9.17) is 5.11 Å². The first kappa shape index (κ1) is 17.9. The lowest BCUT2D eigenvalue weighted by atomic mass is 10.0. The van der Waals surface area contributed by atoms with Crippen LogP contribution in [-0.2, 0) is 4.79 Å². The van der Waals surface area contributed by atoms with Gasteiger partial charge in [-0.25, -0.2) is 9.78 Å². The van der Waals surface area contributed by atoms with Gasteiger partial charge in [0.15, 0.2) is 17.2 Å². The molecule has 1 aromatic heterocycles. The lowest BCUT2D eigenvalue weighted by Gasteiger charge is -2.08. The molecule has 0 atom stereocenters. The van der Waals surface area contributed by atoms with Gasteiger partial charge < -0.3 is 20.4 Å². The number of rotatable bonds is 4. The average Bonchev–Trinajstić information content (AvgIpc) is 2.63. The molecule has 136 valence electrons. The van der Waals surface area contributed by atoms with Crippen LogP contribution in [-0.4, -0.2) is 37.2 Å². The van der Waals surface area contributed by atoms with Crippen LogP contribution in [0.15, 0.2) is 36.4 Å². The van der Waals surface area contributed by atoms with Gasteiger partial charge >= 0.3 is 5.97 Å². The lowest BCUT2D eigenvalue weighted by Crippen LogP contribution is -2.13. The summed E-state index contributed by atoms with van der Waals surface area (Å²) in [5.41, 5.74) is 1.64. The number of carbonyl (C=O) groups excluding carboxylic acids is 1. The molecule has 27 heavy (non-hydrogen) atoms. The minimum absolute atomic E-state index is 0.121. The SMILES string of the molecule is Cc1cc(/C=C/c2ccc(O)c(O)c2)nc2c(O)c(C(=O)C(=O)O)ccc12. The van der Waals surface area contributed by atoms with Crippen LogP contribution in [0.4, 0.5) is 0 Å². The van der Waals surface area contributed by atoms with Gasteiger partial charge in [0, 0.05) is 5.39 Å². The number of aryl methyl sites for hydroxylation is 1. The molecule has 7 nitrogen and oxygen atoms in total. The van der Waals surface area contributed by atoms with Gasteiger partial charge in [-0.1, -0.05) is 18.2 Å². The molecule has 1 heterocycles. The van der Waals surface area contributed by atoms with Crippen molar-refractivity contribution in [2.75, 3.05) is 0 Å². The number of hydrogen-bond donors (Lipinski definition) is 4. The van der Waals surface area contributed by atoms with E-state index in [0.717, 1.165) is 5.56 Å². The fourth-order valence-corrected chi connectivity index (χ4v) is 2.68. The summed E-state index contributed by atoms with van der Waals surface area (Å²) in [5.74, 6) is -3.85. The van der Waals surface area contributed by atoms with Crippen LogP contribution in [0.5, 0.6) is 17.2 Å². The van der Waals surface area contributed by atoms with Gasteiger partial charge in [-0.05, 0) is 48.4 Å². The Labute approximate surface area is 153 Å². The monoisotopic (exact) mass is 365 g/mol. The topological polar surface area (TPSA) is 128 Å². The number of carboxylic acids is 1. The van der Waals surface area contributed by atoms with E-state index < -0.39 is 17.5 Å². The zero-order chi connectivity index (χ0) is 19.7. The molecule has 3 aromatic rings. The zero-order valence-electron chi connectivity index (χ0n) is 14.2. The second-order valence-corrected chi connectivity index (χ2v) is 5.94. The highest BCUT2D eigenvalue weighted by molar-refractivity contribution is 6.41. The predicted molar refractivity (Wildman–Crippen MR) is 98.8 cm³/mol. The number of aromatic hydroxyl groups is 3. The fraction of sp³-hybridized carbons (Fsp3) is 0.0500. The molecular weight excluding hydrogens is 350 g/mol. The van der Waals surface area contributed by atoms with E-state index >= 15 is 0 Å². The van der Waals surface area contributed by atoms with Crippen molar-refractivity contribution in [3.63, 3.8) is 0 Å². The third-order valence-corrected chi connectivity index (χ3v) is 4.07. The number of Topliss-reactive ketones (excluding diaryl/α,β-unsaturated/α-hetero) is 1. The molecule has 0 aliphatic carbocycles. The van der Waals surface area contributed by atoms with Crippen molar-refractivity contribution < 1.29 is 30.0 Å². The minimum Gasteiger partial charge on any atom is -0.505 e. The summed E-state index contributed by atoms with van der Waals surface area (Å²) < 4.78 is 0. The molecule has 0 amide bonds. The van der Waals surface area contributed by atoms with E-state index in [1.165, 1.54) is 18.2 Å². The van der Waals surface area contributed by atoms with Crippen molar-refractivity contribution in [1.29, 1.82) is 0 Å². The average molecular weight is 365 g/mol. The van der Waals surface area contributed by atoms with Crippen LogP contribution < -0.4 is 0 Å². The van der Waals surface area contributed by atoms with Gasteiger partial charge in [0.25, 0.3) is 5.78 Å². The highest BCUT2D eigenvalue weighted by Gasteiger charge is 2.21. The van der Waals surface area contributed by atoms with Crippen molar-refractivity contribution >= 4 is 34.8 Å². The molecule has 0 aliphatic rings. The fourth-order valence-electron chi connectivity index (χ4n) is 2.68. The van der Waals surface area contributed by atoms with Crippen molar-refractivity contribution in [1.82, 2.24) is 4.98 Å². The van der Waals surface area contributed by atoms with Crippen molar-refractivity contribution in [3.8, 4) is 17.2 Å². The Morgan fingerprint density at radius 3 is 2.37 bits per heavy atom. The van der Waals surface area contributed by atoms with Gasteiger partial charge in [0.05, 0.1) is 11.3 Å². The van der Waals surface area contributed by atoms with Crippen LogP contribution in [0.1, 0.15) is 27.2 Å². The Balaban J connectivity index is 2.07. The number of ketones is 1. The molecule has 0 fully saturated rings. The summed E-state index contributed by atoms with van der Waals surface area (Å²) in [6, 6.07) is 8.89. The van der Waals surface area contributed by atoms with Crippen LogP contribution in [0.25, 0.3) is 23.1 Å². The second-order valence-electron chi connectivity index (χ2n) is 5.94. The Morgan fingerprint density at radius 1 is 0.963 bits per heavy atom. The molecule has 0 bridgehead atoms. The van der Waals surface area contributed by atoms with Crippen LogP contribution in [0.3, 0.4) is 0 Å². The van der Waals surface area contributed by atoms with Crippen molar-refractivity contribution in [2.24, 2.45) is 0 Å². The summed E-state index contributed by atoms with van der Waals surface area (Å²) in [6.07, 6.45) is 3.28. The maximum absolute atomic E-state index is 11.7. The van der Waals surface area contributed by atoms with Crippen LogP contribution >= 0.6 is 0 Å². The van der Waals surface area contributed by atoms with Crippen LogP contribution in [0.2, 0.25) is 0 Å². The summed E-state index contributed by atoms with van der Waals surface area (Å²) >= 11 is 0. The Bertz CT molecular complexity index is 1120. The first-order valence-corrected chi connectivity index (χ1v) is 7.89. The number of phenols is 3. The standard InChI is InChI=1S/C20H15NO6/c1-10-8-12(4-2-11-3-7-15(22)16(23)9-11)21-17-13(10)5-6-14(18(17)24)19(25)20(26)27/h2-9,22-24H,1H3,(H,26,27)/b4-2+. The molecule has 0 unspecified atom stereocenters. The summed E-state index contributed by atoms with van der Waals surface area (Å²) in [7, 11) is 0. The molecule has 0 spiro atoms. The van der Waals surface area contributed by atoms with E-state index in [9.17, 15) is 24.9 Å². The Kier molecular flexibility index (Phi) is 4.51. The van der Waals surface area contributed by atoms with Gasteiger partial charge in [-0.3, -0.25) is 4.79 Å². The minimum atomic E-state index is -1.66. The van der Waals surface area contributed by atoms with Gasteiger partial charge in [-0.2, -0.15) is 0 Å². The molecular formula is C20H15NO6. The van der Waals surface area contributed by atoms with E-state index in [-0.39, 0.29) is 22.6 Å². The molecule has 4 N–H and O–H groups in total. The number of hydrogen-bond acceptors (Lipinski definition) is 6. The molecule has 0 saturated carbocycles. The quantitative estimate of drug-likeness (QED) is 0.318. The second kappa shape index (κ2) is 6.80. The molecule has 0 saturated heterocycles. The number of pyridine rings is 1. The maximum Gasteiger partial charge on any atom is 0.377 e. The largest absolute Gasteiger partial charge is 0.505 e. The Hall–Kier alpha value is -3.87. The van der Waals surface area contributed by atoms with E-state index in [1.807, 2.05) is 0 Å². The van der Waals surface area contributed by atoms with Crippen LogP contribution in [0, 0.1) is 6.92 Å². The number of nitrogens with zero attached hydrogens (tertiary/aromatic N) is 1. The summed E-state index contributed by atoms with van der Waals surface area (Å²) in [4.78, 5) is 26.9. The van der Waals surface area contributed by atoms with Gasteiger partial charge in [0.1, 0.15) is 5.52 Å².